The first-order valence-electron chi connectivity index (χ1n) is 10.0. The van der Waals surface area contributed by atoms with Gasteiger partial charge in [0.1, 0.15) is 0 Å². The van der Waals surface area contributed by atoms with Gasteiger partial charge in [0.05, 0.1) is 12.7 Å². The summed E-state index contributed by atoms with van der Waals surface area (Å²) in [5.74, 6) is 0.877. The molecule has 0 aromatic heterocycles. The Balaban J connectivity index is 0.00000280. The molecule has 0 aliphatic carbocycles. The van der Waals surface area contributed by atoms with Gasteiger partial charge in [0.15, 0.2) is 5.96 Å². The van der Waals surface area contributed by atoms with Crippen LogP contribution in [0.25, 0.3) is 10.8 Å². The number of aliphatic imine (C=N–C) groups is 1. The number of benzene rings is 2. The Morgan fingerprint density at radius 2 is 2.04 bits per heavy atom. The lowest BCUT2D eigenvalue weighted by atomic mass is 10.0. The monoisotopic (exact) mass is 497 g/mol. The second kappa shape index (κ2) is 13.0. The van der Waals surface area contributed by atoms with Gasteiger partial charge in [0, 0.05) is 32.8 Å². The zero-order valence-electron chi connectivity index (χ0n) is 16.7. The van der Waals surface area contributed by atoms with Gasteiger partial charge in [-0.3, -0.25) is 4.99 Å². The van der Waals surface area contributed by atoms with Crippen molar-refractivity contribution in [2.75, 3.05) is 39.5 Å². The number of halogens is 1. The average Bonchev–Trinajstić information content (AvgIpc) is 3.21. The Hall–Kier alpha value is -1.38. The average molecular weight is 497 g/mol. The molecule has 1 aliphatic rings. The van der Waals surface area contributed by atoms with Crippen LogP contribution in [0, 0.1) is 0 Å². The van der Waals surface area contributed by atoms with E-state index < -0.39 is 0 Å². The van der Waals surface area contributed by atoms with Crippen LogP contribution in [0.2, 0.25) is 0 Å². The maximum Gasteiger partial charge on any atom is 0.191 e. The molecule has 0 bridgehead atoms. The number of nitrogens with one attached hydrogen (secondary N) is 2. The van der Waals surface area contributed by atoms with Crippen molar-refractivity contribution in [3.8, 4) is 0 Å². The number of guanidine groups is 1. The highest BCUT2D eigenvalue weighted by Gasteiger charge is 2.15. The van der Waals surface area contributed by atoms with Crippen molar-refractivity contribution in [2.24, 2.45) is 4.99 Å². The van der Waals surface area contributed by atoms with Crippen molar-refractivity contribution in [3.05, 3.63) is 48.0 Å². The van der Waals surface area contributed by atoms with E-state index in [1.807, 2.05) is 0 Å². The molecule has 1 fully saturated rings. The Bertz CT molecular complexity index is 727. The highest BCUT2D eigenvalue weighted by atomic mass is 127. The molecule has 1 unspecified atom stereocenters. The van der Waals surface area contributed by atoms with Gasteiger partial charge in [-0.2, -0.15) is 0 Å². The van der Waals surface area contributed by atoms with E-state index in [9.17, 15) is 0 Å². The first kappa shape index (κ1) is 22.9. The molecular weight excluding hydrogens is 465 g/mol. The van der Waals surface area contributed by atoms with Gasteiger partial charge >= 0.3 is 0 Å². The normalized spacial score (nSPS) is 16.8. The molecule has 1 heterocycles. The zero-order valence-corrected chi connectivity index (χ0v) is 19.0. The largest absolute Gasteiger partial charge is 0.379 e. The Kier molecular flexibility index (Phi) is 10.6. The molecule has 154 valence electrons. The van der Waals surface area contributed by atoms with Crippen molar-refractivity contribution in [1.29, 1.82) is 0 Å². The van der Waals surface area contributed by atoms with E-state index in [2.05, 4.69) is 65.0 Å². The first-order chi connectivity index (χ1) is 13.4. The zero-order chi connectivity index (χ0) is 18.7. The summed E-state index contributed by atoms with van der Waals surface area (Å²) < 4.78 is 11.1. The van der Waals surface area contributed by atoms with E-state index in [1.165, 1.54) is 16.3 Å². The van der Waals surface area contributed by atoms with Gasteiger partial charge in [-0.15, -0.1) is 24.0 Å². The quantitative estimate of drug-likeness (QED) is 0.240. The number of nitrogens with zero attached hydrogens (tertiary/aromatic N) is 1. The van der Waals surface area contributed by atoms with E-state index >= 15 is 0 Å². The molecule has 3 rings (SSSR count). The fraction of sp³-hybridized carbons (Fsp3) is 0.500. The molecule has 5 nitrogen and oxygen atoms in total. The first-order valence-corrected chi connectivity index (χ1v) is 10.0. The smallest absolute Gasteiger partial charge is 0.191 e. The fourth-order valence-corrected chi connectivity index (χ4v) is 3.32. The molecule has 28 heavy (non-hydrogen) atoms. The molecule has 6 heteroatoms. The lowest BCUT2D eigenvalue weighted by molar-refractivity contribution is 0.0424. The van der Waals surface area contributed by atoms with Crippen LogP contribution >= 0.6 is 24.0 Å². The summed E-state index contributed by atoms with van der Waals surface area (Å²) in [5.41, 5.74) is 1.36. The van der Waals surface area contributed by atoms with E-state index in [0.29, 0.717) is 0 Å². The number of ether oxygens (including phenoxy) is 2. The van der Waals surface area contributed by atoms with E-state index in [0.717, 1.165) is 64.7 Å². The standard InChI is InChI=1S/C22H31N3O2.HI/c1-2-23-22(24-13-6-15-27-20-12-16-26-17-20)25-14-11-19-9-5-8-18-7-3-4-10-21(18)19;/h3-5,7-10,20H,2,6,11-17H2,1H3,(H2,23,24,25);1H. The summed E-state index contributed by atoms with van der Waals surface area (Å²) in [4.78, 5) is 4.65. The maximum absolute atomic E-state index is 5.79. The minimum atomic E-state index is 0. The maximum atomic E-state index is 5.79. The lowest BCUT2D eigenvalue weighted by Crippen LogP contribution is -2.38. The molecule has 1 saturated heterocycles. The SMILES string of the molecule is CCNC(=NCCCOC1CCOC1)NCCc1cccc2ccccc12.I. The lowest BCUT2D eigenvalue weighted by Gasteiger charge is -2.13. The van der Waals surface area contributed by atoms with E-state index in [1.54, 1.807) is 0 Å². The van der Waals surface area contributed by atoms with Crippen LogP contribution in [0.15, 0.2) is 47.5 Å². The second-order valence-corrected chi connectivity index (χ2v) is 6.79. The van der Waals surface area contributed by atoms with Crippen LogP contribution in [0.1, 0.15) is 25.3 Å². The van der Waals surface area contributed by atoms with Crippen LogP contribution in [0.5, 0.6) is 0 Å². The summed E-state index contributed by atoms with van der Waals surface area (Å²) >= 11 is 0. The summed E-state index contributed by atoms with van der Waals surface area (Å²) in [7, 11) is 0. The molecular formula is C22H32IN3O2. The van der Waals surface area contributed by atoms with Crippen molar-refractivity contribution in [1.82, 2.24) is 10.6 Å². The molecule has 2 N–H and O–H groups in total. The van der Waals surface area contributed by atoms with Gasteiger partial charge in [-0.25, -0.2) is 0 Å². The Labute approximate surface area is 185 Å². The van der Waals surface area contributed by atoms with Crippen LogP contribution in [0.3, 0.4) is 0 Å². The highest BCUT2D eigenvalue weighted by molar-refractivity contribution is 14.0. The topological polar surface area (TPSA) is 54.9 Å². The molecule has 2 aromatic carbocycles. The Morgan fingerprint density at radius 1 is 1.18 bits per heavy atom. The Morgan fingerprint density at radius 3 is 2.86 bits per heavy atom. The van der Waals surface area contributed by atoms with Gasteiger partial charge in [0.25, 0.3) is 0 Å². The van der Waals surface area contributed by atoms with Crippen molar-refractivity contribution in [3.63, 3.8) is 0 Å². The number of fused-ring (bicyclic) bond motifs is 1. The van der Waals surface area contributed by atoms with Crippen LogP contribution in [-0.2, 0) is 15.9 Å². The number of hydrogen-bond donors (Lipinski definition) is 2. The van der Waals surface area contributed by atoms with Gasteiger partial charge in [-0.05, 0) is 42.5 Å². The molecule has 1 atom stereocenters. The molecule has 0 saturated carbocycles. The van der Waals surface area contributed by atoms with Crippen molar-refractivity contribution in [2.45, 2.75) is 32.3 Å². The third-order valence-electron chi connectivity index (χ3n) is 4.72. The van der Waals surface area contributed by atoms with E-state index in [-0.39, 0.29) is 30.1 Å². The van der Waals surface area contributed by atoms with Gasteiger partial charge < -0.3 is 20.1 Å². The minimum Gasteiger partial charge on any atom is -0.379 e. The molecule has 0 radical (unpaired) electrons. The predicted molar refractivity (Wildman–Crippen MR) is 127 cm³/mol. The van der Waals surface area contributed by atoms with Crippen LogP contribution in [0.4, 0.5) is 0 Å². The van der Waals surface area contributed by atoms with Gasteiger partial charge in [0.2, 0.25) is 0 Å². The minimum absolute atomic E-state index is 0. The number of hydrogen-bond acceptors (Lipinski definition) is 3. The fourth-order valence-electron chi connectivity index (χ4n) is 3.32. The third kappa shape index (κ3) is 7.22. The highest BCUT2D eigenvalue weighted by Crippen LogP contribution is 2.18. The van der Waals surface area contributed by atoms with Crippen molar-refractivity contribution < 1.29 is 9.47 Å². The summed E-state index contributed by atoms with van der Waals surface area (Å²) in [6.45, 7) is 6.87. The third-order valence-corrected chi connectivity index (χ3v) is 4.72. The van der Waals surface area contributed by atoms with Crippen molar-refractivity contribution >= 4 is 40.7 Å². The van der Waals surface area contributed by atoms with Crippen LogP contribution < -0.4 is 10.6 Å². The van der Waals surface area contributed by atoms with E-state index in [4.69, 9.17) is 9.47 Å². The molecule has 1 aliphatic heterocycles. The van der Waals surface area contributed by atoms with Crippen LogP contribution in [-0.4, -0.2) is 51.5 Å². The molecule has 2 aromatic rings. The summed E-state index contributed by atoms with van der Waals surface area (Å²) in [5, 5.41) is 9.39. The predicted octanol–water partition coefficient (Wildman–Crippen LogP) is 3.75. The second-order valence-electron chi connectivity index (χ2n) is 6.79. The summed E-state index contributed by atoms with van der Waals surface area (Å²) in [6, 6.07) is 15.0. The molecule has 0 amide bonds. The number of rotatable bonds is 9. The molecule has 0 spiro atoms. The summed E-state index contributed by atoms with van der Waals surface area (Å²) in [6.07, 6.45) is 3.19. The van der Waals surface area contributed by atoms with Gasteiger partial charge in [-0.1, -0.05) is 42.5 Å².